The Labute approximate surface area is 122 Å². The molecule has 0 aromatic carbocycles. The van der Waals surface area contributed by atoms with E-state index in [4.69, 9.17) is 28.9 Å². The number of nitrogens with two attached hydrogens (primary N) is 1. The quantitative estimate of drug-likeness (QED) is 0.802. The number of pyridine rings is 1. The Hall–Kier alpha value is -1.20. The van der Waals surface area contributed by atoms with Gasteiger partial charge < -0.3 is 16.4 Å². The van der Waals surface area contributed by atoms with Crippen LogP contribution in [0.25, 0.3) is 0 Å². The first-order valence-electron chi connectivity index (χ1n) is 5.80. The van der Waals surface area contributed by atoms with E-state index in [1.807, 2.05) is 20.8 Å². The smallest absolute Gasteiger partial charge is 0.242 e. The second-order valence-corrected chi connectivity index (χ2v) is 6.11. The van der Waals surface area contributed by atoms with Crippen molar-refractivity contribution in [3.8, 4) is 0 Å². The molecule has 0 bridgehead atoms. The number of amides is 1. The third-order valence-corrected chi connectivity index (χ3v) is 2.79. The predicted molar refractivity (Wildman–Crippen MR) is 79.6 cm³/mol. The average molecular weight is 305 g/mol. The third-order valence-electron chi connectivity index (χ3n) is 2.20. The second-order valence-electron chi connectivity index (χ2n) is 5.29. The molecule has 19 heavy (non-hydrogen) atoms. The molecule has 0 aliphatic heterocycles. The van der Waals surface area contributed by atoms with E-state index in [0.29, 0.717) is 10.8 Å². The molecule has 5 nitrogen and oxygen atoms in total. The number of halogens is 2. The molecule has 1 amide bonds. The minimum absolute atomic E-state index is 0.154. The molecule has 106 valence electrons. The highest BCUT2D eigenvalue weighted by molar-refractivity contribution is 6.37. The van der Waals surface area contributed by atoms with E-state index in [2.05, 4.69) is 15.6 Å². The molecule has 0 aliphatic carbocycles. The van der Waals surface area contributed by atoms with E-state index in [9.17, 15) is 4.79 Å². The van der Waals surface area contributed by atoms with Crippen molar-refractivity contribution in [3.05, 3.63) is 16.1 Å². The average Bonchev–Trinajstić information content (AvgIpc) is 2.23. The largest absolute Gasteiger partial charge is 0.382 e. The van der Waals surface area contributed by atoms with Crippen molar-refractivity contribution >= 4 is 40.7 Å². The zero-order valence-corrected chi connectivity index (χ0v) is 12.9. The molecular weight excluding hydrogens is 287 g/mol. The number of nitrogen functional groups attached to an aromatic ring is 1. The molecular formula is C12H18Cl2N4O. The lowest BCUT2D eigenvalue weighted by Crippen LogP contribution is -2.47. The van der Waals surface area contributed by atoms with Gasteiger partial charge in [0.1, 0.15) is 17.7 Å². The summed E-state index contributed by atoms with van der Waals surface area (Å²) in [5.74, 6) is 0.344. The minimum Gasteiger partial charge on any atom is -0.382 e. The van der Waals surface area contributed by atoms with Crippen LogP contribution in [0.4, 0.5) is 11.6 Å². The van der Waals surface area contributed by atoms with Gasteiger partial charge in [-0.2, -0.15) is 0 Å². The molecule has 1 unspecified atom stereocenters. The highest BCUT2D eigenvalue weighted by Gasteiger charge is 2.20. The van der Waals surface area contributed by atoms with E-state index in [1.54, 1.807) is 6.92 Å². The summed E-state index contributed by atoms with van der Waals surface area (Å²) in [6.45, 7) is 7.43. The van der Waals surface area contributed by atoms with Crippen LogP contribution >= 0.6 is 23.2 Å². The monoisotopic (exact) mass is 304 g/mol. The lowest BCUT2D eigenvalue weighted by molar-refractivity contribution is -0.122. The Balaban J connectivity index is 2.80. The van der Waals surface area contributed by atoms with Gasteiger partial charge in [-0.1, -0.05) is 23.2 Å². The van der Waals surface area contributed by atoms with Crippen molar-refractivity contribution in [3.63, 3.8) is 0 Å². The lowest BCUT2D eigenvalue weighted by Gasteiger charge is -2.24. The fourth-order valence-electron chi connectivity index (χ4n) is 1.33. The predicted octanol–water partition coefficient (Wildman–Crippen LogP) is 2.69. The van der Waals surface area contributed by atoms with E-state index in [1.165, 1.54) is 6.07 Å². The van der Waals surface area contributed by atoms with Crippen molar-refractivity contribution in [1.82, 2.24) is 10.3 Å². The summed E-state index contributed by atoms with van der Waals surface area (Å²) in [7, 11) is 0. The molecule has 0 spiro atoms. The van der Waals surface area contributed by atoms with E-state index in [0.717, 1.165) is 0 Å². The van der Waals surface area contributed by atoms with Crippen LogP contribution in [0, 0.1) is 0 Å². The Kier molecular flexibility index (Phi) is 4.87. The summed E-state index contributed by atoms with van der Waals surface area (Å²) in [4.78, 5) is 15.9. The fourth-order valence-corrected chi connectivity index (χ4v) is 1.74. The molecule has 1 aromatic rings. The fraction of sp³-hybridized carbons (Fsp3) is 0.500. The first kappa shape index (κ1) is 15.9. The van der Waals surface area contributed by atoms with Crippen molar-refractivity contribution < 1.29 is 4.79 Å². The second kappa shape index (κ2) is 5.84. The molecule has 0 radical (unpaired) electrons. The maximum Gasteiger partial charge on any atom is 0.242 e. The van der Waals surface area contributed by atoms with Gasteiger partial charge in [-0.3, -0.25) is 4.79 Å². The molecule has 1 rings (SSSR count). The van der Waals surface area contributed by atoms with E-state index in [-0.39, 0.29) is 22.3 Å². The number of hydrogen-bond acceptors (Lipinski definition) is 4. The number of nitrogens with zero attached hydrogens (tertiary/aromatic N) is 1. The van der Waals surface area contributed by atoms with Gasteiger partial charge >= 0.3 is 0 Å². The normalized spacial score (nSPS) is 12.9. The maximum atomic E-state index is 11.9. The van der Waals surface area contributed by atoms with Crippen LogP contribution in [0.2, 0.25) is 10.0 Å². The molecule has 1 atom stereocenters. The molecule has 0 aliphatic rings. The summed E-state index contributed by atoms with van der Waals surface area (Å²) in [5.41, 5.74) is 5.30. The van der Waals surface area contributed by atoms with Gasteiger partial charge in [0.15, 0.2) is 0 Å². The van der Waals surface area contributed by atoms with Crippen LogP contribution in [-0.2, 0) is 4.79 Å². The van der Waals surface area contributed by atoms with E-state index >= 15 is 0 Å². The Morgan fingerprint density at radius 2 is 1.95 bits per heavy atom. The lowest BCUT2D eigenvalue weighted by atomic mass is 10.1. The van der Waals surface area contributed by atoms with Gasteiger partial charge in [0, 0.05) is 5.54 Å². The van der Waals surface area contributed by atoms with Gasteiger partial charge in [0.25, 0.3) is 0 Å². The van der Waals surface area contributed by atoms with Crippen LogP contribution in [0.15, 0.2) is 6.07 Å². The first-order chi connectivity index (χ1) is 8.60. The van der Waals surface area contributed by atoms with Gasteiger partial charge in [-0.15, -0.1) is 0 Å². The van der Waals surface area contributed by atoms with Crippen LogP contribution < -0.4 is 16.4 Å². The van der Waals surface area contributed by atoms with Crippen molar-refractivity contribution in [2.75, 3.05) is 11.1 Å². The van der Waals surface area contributed by atoms with Gasteiger partial charge in [-0.25, -0.2) is 4.98 Å². The third kappa shape index (κ3) is 4.76. The summed E-state index contributed by atoms with van der Waals surface area (Å²) in [6, 6.07) is 0.993. The van der Waals surface area contributed by atoms with Crippen LogP contribution in [0.3, 0.4) is 0 Å². The van der Waals surface area contributed by atoms with Crippen molar-refractivity contribution in [2.45, 2.75) is 39.3 Å². The Morgan fingerprint density at radius 1 is 1.37 bits per heavy atom. The van der Waals surface area contributed by atoms with Crippen LogP contribution in [0.5, 0.6) is 0 Å². The zero-order chi connectivity index (χ0) is 14.8. The van der Waals surface area contributed by atoms with E-state index < -0.39 is 6.04 Å². The van der Waals surface area contributed by atoms with Crippen molar-refractivity contribution in [1.29, 1.82) is 0 Å². The summed E-state index contributed by atoms with van der Waals surface area (Å²) in [5, 5.41) is 6.36. The highest BCUT2D eigenvalue weighted by atomic mass is 35.5. The van der Waals surface area contributed by atoms with Crippen LogP contribution in [0.1, 0.15) is 27.7 Å². The summed E-state index contributed by atoms with van der Waals surface area (Å²) < 4.78 is 0. The molecule has 1 aromatic heterocycles. The van der Waals surface area contributed by atoms with Crippen LogP contribution in [-0.4, -0.2) is 22.5 Å². The Morgan fingerprint density at radius 3 is 2.47 bits per heavy atom. The van der Waals surface area contributed by atoms with Gasteiger partial charge in [-0.05, 0) is 33.8 Å². The molecule has 0 saturated heterocycles. The standard InChI is InChI=1S/C12H18Cl2N4O/c1-6(11(19)18-12(2,3)4)16-10-8(14)5-7(13)9(15)17-10/h5-6H,1-4H3,(H,18,19)(H3,15,16,17). The van der Waals surface area contributed by atoms with Gasteiger partial charge in [0.05, 0.1) is 10.0 Å². The summed E-state index contributed by atoms with van der Waals surface area (Å²) in [6.07, 6.45) is 0. The number of anilines is 2. The van der Waals surface area contributed by atoms with Gasteiger partial charge in [0.2, 0.25) is 5.91 Å². The molecule has 0 saturated carbocycles. The number of aromatic nitrogens is 1. The Bertz CT molecular complexity index is 485. The molecule has 4 N–H and O–H groups in total. The number of carbonyl (C=O) groups is 1. The topological polar surface area (TPSA) is 80.0 Å². The molecule has 1 heterocycles. The first-order valence-corrected chi connectivity index (χ1v) is 6.56. The number of hydrogen-bond donors (Lipinski definition) is 3. The zero-order valence-electron chi connectivity index (χ0n) is 11.3. The number of carbonyl (C=O) groups excluding carboxylic acids is 1. The number of rotatable bonds is 3. The SMILES string of the molecule is CC(Nc1nc(N)c(Cl)cc1Cl)C(=O)NC(C)(C)C. The minimum atomic E-state index is -0.496. The summed E-state index contributed by atoms with van der Waals surface area (Å²) >= 11 is 11.8. The molecule has 7 heteroatoms. The molecule has 0 fully saturated rings. The highest BCUT2D eigenvalue weighted by Crippen LogP contribution is 2.27. The number of nitrogens with one attached hydrogen (secondary N) is 2. The van der Waals surface area contributed by atoms with Crippen molar-refractivity contribution in [2.24, 2.45) is 0 Å². The maximum absolute atomic E-state index is 11.9.